The van der Waals surface area contributed by atoms with Crippen LogP contribution < -0.4 is 10.6 Å². The molecular formula is C50H71ClN2O6. The Labute approximate surface area is 358 Å². The molecule has 0 saturated heterocycles. The molecule has 9 heteroatoms. The number of rotatable bonds is 11. The van der Waals surface area contributed by atoms with E-state index in [1.54, 1.807) is 24.3 Å². The summed E-state index contributed by atoms with van der Waals surface area (Å²) in [5, 5.41) is 17.4. The van der Waals surface area contributed by atoms with Gasteiger partial charge in [-0.3, -0.25) is 19.2 Å². The number of allylic oxidation sites excluding steroid dienone is 2. The minimum Gasteiger partial charge on any atom is -0.481 e. The Morgan fingerprint density at radius 2 is 1.53 bits per heavy atom. The highest BCUT2D eigenvalue weighted by molar-refractivity contribution is 6.30. The molecule has 0 aliphatic heterocycles. The van der Waals surface area contributed by atoms with E-state index >= 15 is 0 Å². The smallest absolute Gasteiger partial charge is 0.309 e. The van der Waals surface area contributed by atoms with Crippen LogP contribution in [0.25, 0.3) is 0 Å². The van der Waals surface area contributed by atoms with Crippen LogP contribution in [-0.2, 0) is 19.1 Å². The van der Waals surface area contributed by atoms with Crippen molar-refractivity contribution in [1.29, 1.82) is 0 Å². The molecule has 10 atom stereocenters. The normalized spacial score (nSPS) is 39.9. The Bertz CT molecular complexity index is 1930. The van der Waals surface area contributed by atoms with E-state index in [4.69, 9.17) is 16.3 Å². The molecule has 3 N–H and O–H groups in total. The number of carboxylic acid groups (broad SMARTS) is 1. The average Bonchev–Trinajstić information content (AvgIpc) is 3.84. The van der Waals surface area contributed by atoms with Crippen molar-refractivity contribution in [2.24, 2.45) is 68.0 Å². The first-order valence-corrected chi connectivity index (χ1v) is 23.4. The lowest BCUT2D eigenvalue weighted by Crippen LogP contribution is -2.66. The number of aliphatic carboxylic acids is 1. The molecule has 0 radical (unpaired) electrons. The van der Waals surface area contributed by atoms with Crippen molar-refractivity contribution in [1.82, 2.24) is 10.6 Å². The van der Waals surface area contributed by atoms with E-state index in [0.717, 1.165) is 89.3 Å². The summed E-state index contributed by atoms with van der Waals surface area (Å²) < 4.78 is 6.44. The fourth-order valence-electron chi connectivity index (χ4n) is 15.3. The van der Waals surface area contributed by atoms with Gasteiger partial charge in [0.25, 0.3) is 5.91 Å². The van der Waals surface area contributed by atoms with E-state index in [2.05, 4.69) is 59.1 Å². The first-order valence-electron chi connectivity index (χ1n) is 23.1. The van der Waals surface area contributed by atoms with Crippen molar-refractivity contribution in [3.05, 3.63) is 46.0 Å². The summed E-state index contributed by atoms with van der Waals surface area (Å²) in [6.07, 6.45) is 12.2. The van der Waals surface area contributed by atoms with Gasteiger partial charge < -0.3 is 20.5 Å². The van der Waals surface area contributed by atoms with Crippen molar-refractivity contribution >= 4 is 35.2 Å². The standard InChI is InChI=1S/C50H71ClN2O6/c1-29(2)39-35(54)27-49(24-25-52-28-50(22-23-50)53-41(55)30-10-12-31(51)13-11-30)21-20-47(8)32(40(39)49)14-15-37-46(7)18-17-38(45(5,6)36(46)16-19-48(37,47)9)59-43(58)34-26-33(42(56)57)44(34,3)4/h10-13,29,32-34,36-38,52H,14-28H2,1-9H3,(H,53,55)(H,56,57)/t32-,33+,34-,36+,37-,38+,46+,47-,48-,49-/m1/s1. The van der Waals surface area contributed by atoms with Crippen LogP contribution in [0.5, 0.6) is 0 Å². The van der Waals surface area contributed by atoms with Crippen molar-refractivity contribution in [2.45, 2.75) is 157 Å². The molecule has 0 aromatic heterocycles. The minimum absolute atomic E-state index is 0.0586. The second-order valence-electron chi connectivity index (χ2n) is 22.9. The van der Waals surface area contributed by atoms with Crippen LogP contribution in [0.2, 0.25) is 5.02 Å². The third-order valence-corrected chi connectivity index (χ3v) is 19.5. The lowest BCUT2D eigenvalue weighted by Gasteiger charge is -2.72. The lowest BCUT2D eigenvalue weighted by molar-refractivity contribution is -0.236. The predicted molar refractivity (Wildman–Crippen MR) is 231 cm³/mol. The van der Waals surface area contributed by atoms with Gasteiger partial charge in [-0.1, -0.05) is 79.5 Å². The van der Waals surface area contributed by atoms with Crippen LogP contribution in [0.4, 0.5) is 0 Å². The number of Topliss-reactive ketones (excluding diaryl/α,β-unsaturated/α-hetero) is 1. The monoisotopic (exact) mass is 831 g/mol. The molecule has 6 fully saturated rings. The molecule has 1 aromatic rings. The van der Waals surface area contributed by atoms with E-state index in [0.29, 0.717) is 47.0 Å². The van der Waals surface area contributed by atoms with Crippen LogP contribution in [0, 0.1) is 68.0 Å². The summed E-state index contributed by atoms with van der Waals surface area (Å²) in [6, 6.07) is 7.06. The number of amides is 1. The molecule has 1 aromatic carbocycles. The molecule has 8 rings (SSSR count). The lowest BCUT2D eigenvalue weighted by atomic mass is 9.33. The molecule has 324 valence electrons. The highest BCUT2D eigenvalue weighted by Crippen LogP contribution is 2.77. The SMILES string of the molecule is CC(C)C1=C2[C@H]3CC[C@@H]4[C@@]5(C)CC[C@H](OC(=O)[C@H]6C[C@@H](C(=O)O)C6(C)C)C(C)(C)[C@@H]5CC[C@@]4(C)[C@]3(C)CC[C@@]2(CCNCC2(NC(=O)c3ccc(Cl)cc3)CC2)CC1=O. The number of fused-ring (bicyclic) bond motifs is 7. The van der Waals surface area contributed by atoms with E-state index in [-0.39, 0.29) is 62.4 Å². The Morgan fingerprint density at radius 3 is 2.15 bits per heavy atom. The van der Waals surface area contributed by atoms with Gasteiger partial charge >= 0.3 is 11.9 Å². The third-order valence-electron chi connectivity index (χ3n) is 19.2. The van der Waals surface area contributed by atoms with Gasteiger partial charge in [0.2, 0.25) is 0 Å². The maximum atomic E-state index is 14.2. The highest BCUT2D eigenvalue weighted by atomic mass is 35.5. The molecule has 7 aliphatic rings. The van der Waals surface area contributed by atoms with Gasteiger partial charge in [0, 0.05) is 34.4 Å². The average molecular weight is 832 g/mol. The molecule has 8 nitrogen and oxygen atoms in total. The number of carboxylic acids is 1. The van der Waals surface area contributed by atoms with Crippen molar-refractivity contribution in [3.8, 4) is 0 Å². The van der Waals surface area contributed by atoms with Crippen LogP contribution >= 0.6 is 11.6 Å². The summed E-state index contributed by atoms with van der Waals surface area (Å²) in [5.74, 6) is -0.0557. The number of ether oxygens (including phenoxy) is 1. The second kappa shape index (κ2) is 14.4. The van der Waals surface area contributed by atoms with E-state index in [1.165, 1.54) is 5.57 Å². The quantitative estimate of drug-likeness (QED) is 0.150. The van der Waals surface area contributed by atoms with Gasteiger partial charge in [-0.2, -0.15) is 0 Å². The topological polar surface area (TPSA) is 122 Å². The number of nitrogens with one attached hydrogen (secondary N) is 2. The summed E-state index contributed by atoms with van der Waals surface area (Å²) in [7, 11) is 0. The maximum Gasteiger partial charge on any atom is 0.309 e. The zero-order valence-corrected chi connectivity index (χ0v) is 38.1. The van der Waals surface area contributed by atoms with E-state index in [1.807, 2.05) is 13.8 Å². The fraction of sp³-hybridized carbons (Fsp3) is 0.760. The third kappa shape index (κ3) is 6.60. The predicted octanol–water partition coefficient (Wildman–Crippen LogP) is 10.2. The number of halogens is 1. The molecule has 0 bridgehead atoms. The molecule has 0 heterocycles. The van der Waals surface area contributed by atoms with Crippen LogP contribution in [0.15, 0.2) is 35.4 Å². The molecular weight excluding hydrogens is 760 g/mol. The summed E-state index contributed by atoms with van der Waals surface area (Å²) in [5.41, 5.74) is 2.45. The highest BCUT2D eigenvalue weighted by Gasteiger charge is 2.70. The number of esters is 1. The fourth-order valence-corrected chi connectivity index (χ4v) is 15.4. The maximum absolute atomic E-state index is 14.2. The minimum atomic E-state index is -0.824. The number of carbonyl (C=O) groups is 4. The van der Waals surface area contributed by atoms with Gasteiger partial charge in [0.05, 0.1) is 17.4 Å². The van der Waals surface area contributed by atoms with Crippen molar-refractivity contribution in [3.63, 3.8) is 0 Å². The Hall–Kier alpha value is -2.71. The molecule has 0 spiro atoms. The second-order valence-corrected chi connectivity index (χ2v) is 23.4. The Morgan fingerprint density at radius 1 is 0.831 bits per heavy atom. The number of ketones is 1. The molecule has 7 aliphatic carbocycles. The van der Waals surface area contributed by atoms with E-state index in [9.17, 15) is 24.3 Å². The van der Waals surface area contributed by atoms with Crippen LogP contribution in [0.3, 0.4) is 0 Å². The Balaban J connectivity index is 0.973. The first-order chi connectivity index (χ1) is 27.6. The first kappa shape index (κ1) is 43.0. The van der Waals surface area contributed by atoms with Gasteiger partial charge in [-0.05, 0) is 159 Å². The van der Waals surface area contributed by atoms with Gasteiger partial charge in [0.1, 0.15) is 6.10 Å². The molecule has 0 unspecified atom stereocenters. The summed E-state index contributed by atoms with van der Waals surface area (Å²) in [6.45, 7) is 22.3. The van der Waals surface area contributed by atoms with Crippen LogP contribution in [-0.4, -0.2) is 53.5 Å². The number of carbonyl (C=O) groups excluding carboxylic acids is 3. The Kier molecular flexibility index (Phi) is 10.5. The van der Waals surface area contributed by atoms with Crippen molar-refractivity contribution < 1.29 is 29.0 Å². The largest absolute Gasteiger partial charge is 0.481 e. The zero-order valence-electron chi connectivity index (χ0n) is 37.3. The van der Waals surface area contributed by atoms with Gasteiger partial charge in [-0.25, -0.2) is 0 Å². The number of benzene rings is 1. The van der Waals surface area contributed by atoms with E-state index < -0.39 is 17.3 Å². The van der Waals surface area contributed by atoms with Gasteiger partial charge in [0.15, 0.2) is 5.78 Å². The number of hydrogen-bond donors (Lipinski definition) is 3. The summed E-state index contributed by atoms with van der Waals surface area (Å²) in [4.78, 5) is 52.7. The van der Waals surface area contributed by atoms with Gasteiger partial charge in [-0.15, -0.1) is 0 Å². The molecule has 1 amide bonds. The molecule has 6 saturated carbocycles. The molecule has 59 heavy (non-hydrogen) atoms. The zero-order chi connectivity index (χ0) is 42.7. The summed E-state index contributed by atoms with van der Waals surface area (Å²) >= 11 is 6.06. The van der Waals surface area contributed by atoms with Crippen molar-refractivity contribution in [2.75, 3.05) is 13.1 Å². The van der Waals surface area contributed by atoms with Crippen LogP contribution in [0.1, 0.15) is 156 Å². The number of hydrogen-bond acceptors (Lipinski definition) is 6.